The maximum Gasteiger partial charge on any atom is 0.272 e. The van der Waals surface area contributed by atoms with E-state index in [1.165, 1.54) is 10.7 Å². The second-order valence-corrected chi connectivity index (χ2v) is 7.12. The smallest absolute Gasteiger partial charge is 0.272 e. The van der Waals surface area contributed by atoms with Crippen molar-refractivity contribution < 1.29 is 14.7 Å². The van der Waals surface area contributed by atoms with Crippen molar-refractivity contribution in [2.45, 2.75) is 39.1 Å². The minimum Gasteiger partial charge on any atom is -0.389 e. The Bertz CT molecular complexity index is 1050. The molecular weight excluding hydrogens is 360 g/mol. The summed E-state index contributed by atoms with van der Waals surface area (Å²) >= 11 is 0. The van der Waals surface area contributed by atoms with Crippen LogP contribution in [0, 0.1) is 0 Å². The number of hydrogen-bond acceptors (Lipinski definition) is 5. The molecule has 1 aliphatic heterocycles. The summed E-state index contributed by atoms with van der Waals surface area (Å²) in [5.74, 6) is -0.00610. The normalized spacial score (nSPS) is 16.7. The van der Waals surface area contributed by atoms with E-state index in [0.29, 0.717) is 0 Å². The van der Waals surface area contributed by atoms with Crippen LogP contribution < -0.4 is 10.6 Å². The second kappa shape index (κ2) is 7.08. The number of amides is 2. The lowest BCUT2D eigenvalue weighted by atomic mass is 10.3. The van der Waals surface area contributed by atoms with Crippen LogP contribution in [0.3, 0.4) is 0 Å². The Hall–Kier alpha value is -3.20. The van der Waals surface area contributed by atoms with Gasteiger partial charge in [-0.2, -0.15) is 5.10 Å². The highest BCUT2D eigenvalue weighted by molar-refractivity contribution is 5.98. The molecule has 3 aromatic rings. The summed E-state index contributed by atoms with van der Waals surface area (Å²) in [5, 5.41) is 19.4. The largest absolute Gasteiger partial charge is 0.389 e. The number of β-amino-alcohol motifs (C(OH)–C–C–N with tert-alkyl or cyclic N) is 1. The van der Waals surface area contributed by atoms with Crippen LogP contribution in [0.4, 0.5) is 0 Å². The van der Waals surface area contributed by atoms with E-state index in [4.69, 9.17) is 0 Å². The van der Waals surface area contributed by atoms with Gasteiger partial charge >= 0.3 is 0 Å². The van der Waals surface area contributed by atoms with Gasteiger partial charge in [-0.25, -0.2) is 4.98 Å². The van der Waals surface area contributed by atoms with Crippen LogP contribution in [0.2, 0.25) is 0 Å². The van der Waals surface area contributed by atoms with Gasteiger partial charge in [0.15, 0.2) is 5.69 Å². The first-order valence-corrected chi connectivity index (χ1v) is 9.22. The van der Waals surface area contributed by atoms with E-state index in [1.807, 2.05) is 24.3 Å². The highest BCUT2D eigenvalue weighted by atomic mass is 16.3. The highest BCUT2D eigenvalue weighted by Gasteiger charge is 2.24. The van der Waals surface area contributed by atoms with E-state index in [-0.39, 0.29) is 43.0 Å². The van der Waals surface area contributed by atoms with Crippen molar-refractivity contribution in [3.63, 3.8) is 0 Å². The fourth-order valence-electron chi connectivity index (χ4n) is 3.46. The Morgan fingerprint density at radius 1 is 1.39 bits per heavy atom. The number of para-hydroxylation sites is 2. The van der Waals surface area contributed by atoms with E-state index in [9.17, 15) is 14.7 Å². The lowest BCUT2D eigenvalue weighted by Gasteiger charge is -2.13. The number of rotatable bonds is 4. The SMILES string of the molecule is CC(C)n1c(CNC(=O)c2cc3n(n2)CC(O)CNC3=O)nc2ccccc21. The topological polar surface area (TPSA) is 114 Å². The third kappa shape index (κ3) is 3.24. The molecule has 9 heteroatoms. The van der Waals surface area contributed by atoms with Gasteiger partial charge in [-0.15, -0.1) is 0 Å². The van der Waals surface area contributed by atoms with Crippen molar-refractivity contribution in [2.24, 2.45) is 0 Å². The number of carbonyl (C=O) groups is 2. The maximum absolute atomic E-state index is 12.6. The number of nitrogens with one attached hydrogen (secondary N) is 2. The summed E-state index contributed by atoms with van der Waals surface area (Å²) in [6, 6.07) is 9.46. The first-order chi connectivity index (χ1) is 13.4. The van der Waals surface area contributed by atoms with Crippen LogP contribution in [-0.4, -0.2) is 48.9 Å². The second-order valence-electron chi connectivity index (χ2n) is 7.12. The highest BCUT2D eigenvalue weighted by Crippen LogP contribution is 2.21. The Kier molecular flexibility index (Phi) is 4.60. The number of nitrogens with zero attached hydrogens (tertiary/aromatic N) is 4. The number of aliphatic hydroxyl groups is 1. The fourth-order valence-corrected chi connectivity index (χ4v) is 3.46. The molecule has 0 saturated heterocycles. The summed E-state index contributed by atoms with van der Waals surface area (Å²) in [7, 11) is 0. The summed E-state index contributed by atoms with van der Waals surface area (Å²) < 4.78 is 3.45. The Morgan fingerprint density at radius 2 is 2.18 bits per heavy atom. The maximum atomic E-state index is 12.6. The van der Waals surface area contributed by atoms with Crippen LogP contribution in [-0.2, 0) is 13.1 Å². The minimum atomic E-state index is -0.744. The van der Waals surface area contributed by atoms with E-state index < -0.39 is 12.0 Å². The van der Waals surface area contributed by atoms with E-state index in [2.05, 4.69) is 39.1 Å². The average Bonchev–Trinajstić information content (AvgIpc) is 3.22. The zero-order valence-corrected chi connectivity index (χ0v) is 15.7. The van der Waals surface area contributed by atoms with Crippen molar-refractivity contribution >= 4 is 22.8 Å². The summed E-state index contributed by atoms with van der Waals surface area (Å²) in [6.07, 6.45) is -0.744. The predicted octanol–water partition coefficient (Wildman–Crippen LogP) is 0.848. The summed E-state index contributed by atoms with van der Waals surface area (Å²) in [4.78, 5) is 29.3. The Labute approximate surface area is 161 Å². The first-order valence-electron chi connectivity index (χ1n) is 9.22. The molecule has 3 N–H and O–H groups in total. The molecule has 0 bridgehead atoms. The number of carbonyl (C=O) groups excluding carboxylic acids is 2. The molecule has 28 heavy (non-hydrogen) atoms. The minimum absolute atomic E-state index is 0.131. The average molecular weight is 382 g/mol. The molecule has 1 unspecified atom stereocenters. The summed E-state index contributed by atoms with van der Waals surface area (Å²) in [6.45, 7) is 4.69. The number of aliphatic hydroxyl groups excluding tert-OH is 1. The zero-order valence-electron chi connectivity index (χ0n) is 15.7. The third-order valence-corrected chi connectivity index (χ3v) is 4.72. The number of aromatic nitrogens is 4. The van der Waals surface area contributed by atoms with Crippen LogP contribution >= 0.6 is 0 Å². The van der Waals surface area contributed by atoms with Crippen molar-refractivity contribution in [2.75, 3.05) is 6.54 Å². The first kappa shape index (κ1) is 18.2. The molecule has 0 spiro atoms. The van der Waals surface area contributed by atoms with Gasteiger partial charge in [-0.3, -0.25) is 14.3 Å². The Balaban J connectivity index is 1.55. The molecule has 4 rings (SSSR count). The molecule has 0 radical (unpaired) electrons. The third-order valence-electron chi connectivity index (χ3n) is 4.72. The lowest BCUT2D eigenvalue weighted by molar-refractivity contribution is 0.0931. The van der Waals surface area contributed by atoms with Crippen molar-refractivity contribution in [1.82, 2.24) is 30.0 Å². The molecule has 1 aliphatic rings. The molecule has 1 aromatic carbocycles. The lowest BCUT2D eigenvalue weighted by Crippen LogP contribution is -2.30. The van der Waals surface area contributed by atoms with E-state index >= 15 is 0 Å². The molecule has 3 heterocycles. The van der Waals surface area contributed by atoms with Gasteiger partial charge in [0, 0.05) is 18.7 Å². The number of hydrogen-bond donors (Lipinski definition) is 3. The number of fused-ring (bicyclic) bond motifs is 2. The molecule has 0 aliphatic carbocycles. The van der Waals surface area contributed by atoms with E-state index in [0.717, 1.165) is 16.9 Å². The molecule has 0 fully saturated rings. The van der Waals surface area contributed by atoms with Gasteiger partial charge in [0.1, 0.15) is 11.5 Å². The standard InChI is InChI=1S/C19H22N6O3/c1-11(2)25-15-6-4-3-5-13(15)22-17(25)9-21-18(27)14-7-16-19(28)20-8-12(26)10-24(16)23-14/h3-7,11-12,26H,8-10H2,1-2H3,(H,20,28)(H,21,27). The van der Waals surface area contributed by atoms with Gasteiger partial charge in [0.25, 0.3) is 11.8 Å². The molecule has 2 amide bonds. The van der Waals surface area contributed by atoms with E-state index in [1.54, 1.807) is 0 Å². The Morgan fingerprint density at radius 3 is 2.96 bits per heavy atom. The van der Waals surface area contributed by atoms with Crippen molar-refractivity contribution in [3.05, 3.63) is 47.5 Å². The monoisotopic (exact) mass is 382 g/mol. The van der Waals surface area contributed by atoms with Crippen LogP contribution in [0.15, 0.2) is 30.3 Å². The van der Waals surface area contributed by atoms with Crippen LogP contribution in [0.25, 0.3) is 11.0 Å². The molecule has 146 valence electrons. The molecule has 1 atom stereocenters. The predicted molar refractivity (Wildman–Crippen MR) is 102 cm³/mol. The molecule has 9 nitrogen and oxygen atoms in total. The zero-order chi connectivity index (χ0) is 19.8. The van der Waals surface area contributed by atoms with Gasteiger partial charge in [-0.05, 0) is 26.0 Å². The fraction of sp³-hybridized carbons (Fsp3) is 0.368. The van der Waals surface area contributed by atoms with Crippen LogP contribution in [0.1, 0.15) is 46.7 Å². The number of imidazole rings is 1. The quantitative estimate of drug-likeness (QED) is 0.619. The van der Waals surface area contributed by atoms with Crippen LogP contribution in [0.5, 0.6) is 0 Å². The molecule has 2 aromatic heterocycles. The van der Waals surface area contributed by atoms with Gasteiger partial charge < -0.3 is 20.3 Å². The van der Waals surface area contributed by atoms with Gasteiger partial charge in [0.2, 0.25) is 0 Å². The van der Waals surface area contributed by atoms with Crippen molar-refractivity contribution in [3.8, 4) is 0 Å². The van der Waals surface area contributed by atoms with Crippen molar-refractivity contribution in [1.29, 1.82) is 0 Å². The van der Waals surface area contributed by atoms with Gasteiger partial charge in [-0.1, -0.05) is 12.1 Å². The van der Waals surface area contributed by atoms with Gasteiger partial charge in [0.05, 0.1) is 30.2 Å². The summed E-state index contributed by atoms with van der Waals surface area (Å²) in [5.41, 5.74) is 2.28. The number of benzene rings is 1. The molecular formula is C19H22N6O3. The molecule has 0 saturated carbocycles.